The number of carbonyl (C=O) groups is 2. The highest BCUT2D eigenvalue weighted by Crippen LogP contribution is 2.33. The topological polar surface area (TPSA) is 142 Å². The van der Waals surface area contributed by atoms with Crippen molar-refractivity contribution in [2.75, 3.05) is 62.7 Å². The first-order chi connectivity index (χ1) is 24.4. The van der Waals surface area contributed by atoms with Crippen molar-refractivity contribution >= 4 is 28.9 Å². The third-order valence-corrected chi connectivity index (χ3v) is 9.06. The highest BCUT2D eigenvalue weighted by Gasteiger charge is 2.18. The third kappa shape index (κ3) is 9.26. The number of carbonyl (C=O) groups excluding carboxylic acids is 2. The SMILES string of the molecule is N/C(=C\N(N)Cc1ccccc1)c1ccnc(-c2cc(N3CCCCC3)ccc2NC(=O)c2cccc(C(=O)NCCN3CCOCC3)c2)c1. The molecule has 1 aromatic heterocycles. The molecule has 11 heteroatoms. The average Bonchev–Trinajstić information content (AvgIpc) is 3.16. The molecule has 4 aromatic rings. The summed E-state index contributed by atoms with van der Waals surface area (Å²) in [4.78, 5) is 36.0. The standard InChI is InChI=1S/C39H46N8O3/c40-35(28-47(41)27-29-8-3-1-4-9-29)30-14-15-42-37(25-30)34-26-33(46-17-5-2-6-18-46)12-13-36(34)44-39(49)32-11-7-10-31(24-32)38(48)43-16-19-45-20-22-50-23-21-45/h1,3-4,7-15,24-26,28H,2,5-6,16-23,27,40-41H2,(H,43,48)(H,44,49)/b35-28-. The molecule has 0 atom stereocenters. The molecule has 0 radical (unpaired) electrons. The Kier molecular flexibility index (Phi) is 11.7. The molecule has 260 valence electrons. The van der Waals surface area contributed by atoms with Crippen LogP contribution in [-0.2, 0) is 11.3 Å². The minimum absolute atomic E-state index is 0.217. The molecule has 0 unspecified atom stereocenters. The van der Waals surface area contributed by atoms with Crippen LogP contribution >= 0.6 is 0 Å². The Morgan fingerprint density at radius 2 is 1.60 bits per heavy atom. The number of hydrogen-bond donors (Lipinski definition) is 4. The van der Waals surface area contributed by atoms with Gasteiger partial charge in [0.05, 0.1) is 36.8 Å². The van der Waals surface area contributed by atoms with Crippen LogP contribution in [0.4, 0.5) is 11.4 Å². The van der Waals surface area contributed by atoms with Gasteiger partial charge in [-0.1, -0.05) is 36.4 Å². The van der Waals surface area contributed by atoms with E-state index in [0.717, 1.165) is 67.9 Å². The number of anilines is 2. The van der Waals surface area contributed by atoms with E-state index in [2.05, 4.69) is 26.5 Å². The van der Waals surface area contributed by atoms with Crippen LogP contribution in [0.15, 0.2) is 97.3 Å². The van der Waals surface area contributed by atoms with E-state index in [-0.39, 0.29) is 11.8 Å². The zero-order valence-electron chi connectivity index (χ0n) is 28.4. The molecule has 6 N–H and O–H groups in total. The summed E-state index contributed by atoms with van der Waals surface area (Å²) in [7, 11) is 0. The summed E-state index contributed by atoms with van der Waals surface area (Å²) < 4.78 is 5.40. The number of piperidine rings is 1. The average molecular weight is 675 g/mol. The molecular formula is C39H46N8O3. The van der Waals surface area contributed by atoms with Crippen molar-refractivity contribution in [1.82, 2.24) is 20.2 Å². The van der Waals surface area contributed by atoms with Gasteiger partial charge in [0.1, 0.15) is 0 Å². The number of amides is 2. The molecule has 2 aliphatic rings. The van der Waals surface area contributed by atoms with E-state index in [1.807, 2.05) is 54.6 Å². The van der Waals surface area contributed by atoms with Crippen molar-refractivity contribution in [2.45, 2.75) is 25.8 Å². The number of nitrogens with zero attached hydrogens (tertiary/aromatic N) is 4. The quantitative estimate of drug-likeness (QED) is 0.124. The van der Waals surface area contributed by atoms with Gasteiger partial charge in [-0.15, -0.1) is 0 Å². The van der Waals surface area contributed by atoms with Crippen molar-refractivity contribution in [1.29, 1.82) is 0 Å². The number of morpholine rings is 1. The Bertz CT molecular complexity index is 1790. The van der Waals surface area contributed by atoms with E-state index in [0.29, 0.717) is 54.5 Å². The number of pyridine rings is 1. The predicted octanol–water partition coefficient (Wildman–Crippen LogP) is 4.69. The smallest absolute Gasteiger partial charge is 0.255 e. The first kappa shape index (κ1) is 34.6. The maximum Gasteiger partial charge on any atom is 0.255 e. The summed E-state index contributed by atoms with van der Waals surface area (Å²) in [5, 5.41) is 7.63. The fourth-order valence-electron chi connectivity index (χ4n) is 6.30. The Morgan fingerprint density at radius 3 is 2.38 bits per heavy atom. The van der Waals surface area contributed by atoms with Crippen LogP contribution in [0.25, 0.3) is 17.0 Å². The molecule has 2 saturated heterocycles. The number of hydrogen-bond acceptors (Lipinski definition) is 9. The lowest BCUT2D eigenvalue weighted by atomic mass is 10.0. The number of aromatic nitrogens is 1. The second kappa shape index (κ2) is 16.9. The van der Waals surface area contributed by atoms with Crippen molar-refractivity contribution in [2.24, 2.45) is 11.6 Å². The third-order valence-electron chi connectivity index (χ3n) is 9.06. The molecule has 50 heavy (non-hydrogen) atoms. The number of rotatable bonds is 12. The van der Waals surface area contributed by atoms with Gasteiger partial charge in [0, 0.05) is 79.6 Å². The molecule has 11 nitrogen and oxygen atoms in total. The molecule has 2 aliphatic heterocycles. The number of ether oxygens (including phenoxy) is 1. The van der Waals surface area contributed by atoms with E-state index in [4.69, 9.17) is 21.3 Å². The van der Waals surface area contributed by atoms with E-state index < -0.39 is 0 Å². The van der Waals surface area contributed by atoms with Gasteiger partial charge in [-0.3, -0.25) is 19.5 Å². The molecule has 2 fully saturated rings. The van der Waals surface area contributed by atoms with Crippen LogP contribution < -0.4 is 27.1 Å². The number of nitrogens with one attached hydrogen (secondary N) is 2. The van der Waals surface area contributed by atoms with Crippen LogP contribution in [0.3, 0.4) is 0 Å². The molecule has 0 aliphatic carbocycles. The first-order valence-corrected chi connectivity index (χ1v) is 17.3. The lowest BCUT2D eigenvalue weighted by molar-refractivity contribution is 0.0383. The fourth-order valence-corrected chi connectivity index (χ4v) is 6.30. The van der Waals surface area contributed by atoms with Crippen molar-refractivity contribution in [3.63, 3.8) is 0 Å². The molecule has 0 spiro atoms. The minimum atomic E-state index is -0.324. The molecule has 2 amide bonds. The lowest BCUT2D eigenvalue weighted by Crippen LogP contribution is -2.41. The molecule has 3 aromatic carbocycles. The lowest BCUT2D eigenvalue weighted by Gasteiger charge is -2.29. The largest absolute Gasteiger partial charge is 0.397 e. The highest BCUT2D eigenvalue weighted by molar-refractivity contribution is 6.08. The maximum absolute atomic E-state index is 13.7. The Balaban J connectivity index is 1.21. The van der Waals surface area contributed by atoms with Crippen molar-refractivity contribution in [3.8, 4) is 11.3 Å². The van der Waals surface area contributed by atoms with Gasteiger partial charge >= 0.3 is 0 Å². The molecular weight excluding hydrogens is 628 g/mol. The Hall–Kier alpha value is -5.23. The summed E-state index contributed by atoms with van der Waals surface area (Å²) in [6.45, 7) is 6.86. The van der Waals surface area contributed by atoms with Crippen LogP contribution in [0.1, 0.15) is 51.1 Å². The molecule has 0 bridgehead atoms. The van der Waals surface area contributed by atoms with Crippen molar-refractivity contribution in [3.05, 3.63) is 120 Å². The maximum atomic E-state index is 13.7. The summed E-state index contributed by atoms with van der Waals surface area (Å²) in [6, 6.07) is 26.5. The second-order valence-electron chi connectivity index (χ2n) is 12.7. The van der Waals surface area contributed by atoms with Gasteiger partial charge in [-0.2, -0.15) is 0 Å². The van der Waals surface area contributed by atoms with Gasteiger partial charge < -0.3 is 31.0 Å². The summed E-state index contributed by atoms with van der Waals surface area (Å²) >= 11 is 0. The fraction of sp³-hybridized carbons (Fsp3) is 0.308. The zero-order valence-corrected chi connectivity index (χ0v) is 28.4. The van der Waals surface area contributed by atoms with Gasteiger partial charge in [-0.05, 0) is 73.4 Å². The van der Waals surface area contributed by atoms with E-state index >= 15 is 0 Å². The molecule has 3 heterocycles. The minimum Gasteiger partial charge on any atom is -0.397 e. The summed E-state index contributed by atoms with van der Waals surface area (Å²) in [5.41, 5.74) is 12.8. The number of hydrazine groups is 1. The molecule has 6 rings (SSSR count). The number of benzene rings is 3. The van der Waals surface area contributed by atoms with Crippen molar-refractivity contribution < 1.29 is 14.3 Å². The van der Waals surface area contributed by atoms with Crippen LogP contribution in [0.2, 0.25) is 0 Å². The van der Waals surface area contributed by atoms with Crippen LogP contribution in [0.5, 0.6) is 0 Å². The van der Waals surface area contributed by atoms with E-state index in [9.17, 15) is 9.59 Å². The predicted molar refractivity (Wildman–Crippen MR) is 198 cm³/mol. The van der Waals surface area contributed by atoms with E-state index in [1.165, 1.54) is 6.42 Å². The van der Waals surface area contributed by atoms with Gasteiger partial charge in [0.25, 0.3) is 11.8 Å². The van der Waals surface area contributed by atoms with E-state index in [1.54, 1.807) is 41.7 Å². The zero-order chi connectivity index (χ0) is 34.7. The molecule has 0 saturated carbocycles. The number of nitrogens with two attached hydrogens (primary N) is 2. The van der Waals surface area contributed by atoms with Gasteiger partial charge in [0.15, 0.2) is 0 Å². The highest BCUT2D eigenvalue weighted by atomic mass is 16.5. The first-order valence-electron chi connectivity index (χ1n) is 17.3. The van der Waals surface area contributed by atoms with Gasteiger partial charge in [0.2, 0.25) is 0 Å². The Morgan fingerprint density at radius 1 is 0.840 bits per heavy atom. The van der Waals surface area contributed by atoms with Gasteiger partial charge in [-0.25, -0.2) is 5.84 Å². The van der Waals surface area contributed by atoms with Crippen LogP contribution in [-0.4, -0.2) is 79.2 Å². The summed E-state index contributed by atoms with van der Waals surface area (Å²) in [5.74, 6) is 5.75. The second-order valence-corrected chi connectivity index (χ2v) is 12.7. The Labute approximate surface area is 293 Å². The summed E-state index contributed by atoms with van der Waals surface area (Å²) in [6.07, 6.45) is 6.92. The normalized spacial score (nSPS) is 15.4. The monoisotopic (exact) mass is 674 g/mol. The van der Waals surface area contributed by atoms with Crippen LogP contribution in [0, 0.1) is 0 Å².